The van der Waals surface area contributed by atoms with Gasteiger partial charge >= 0.3 is 0 Å². The molecule has 2 fully saturated rings. The molecule has 2 heterocycles. The number of nitrogens with one attached hydrogen (secondary N) is 1. The molecule has 0 spiro atoms. The second-order valence-electron chi connectivity index (χ2n) is 6.12. The molecular weight excluding hydrogens is 294 g/mol. The van der Waals surface area contributed by atoms with E-state index in [1.54, 1.807) is 34.3 Å². The number of amides is 3. The van der Waals surface area contributed by atoms with Crippen molar-refractivity contribution in [2.45, 2.75) is 44.7 Å². The van der Waals surface area contributed by atoms with Crippen molar-refractivity contribution in [3.8, 4) is 0 Å². The lowest BCUT2D eigenvalue weighted by Crippen LogP contribution is -2.59. The molecule has 2 aliphatic rings. The van der Waals surface area contributed by atoms with E-state index in [-0.39, 0.29) is 30.2 Å². The fourth-order valence-electron chi connectivity index (χ4n) is 3.23. The minimum absolute atomic E-state index is 0.0190. The van der Waals surface area contributed by atoms with E-state index in [1.807, 2.05) is 13.0 Å². The summed E-state index contributed by atoms with van der Waals surface area (Å²) in [7, 11) is 0. The van der Waals surface area contributed by atoms with E-state index in [9.17, 15) is 14.4 Å². The first-order chi connectivity index (χ1) is 11.1. The minimum Gasteiger partial charge on any atom is -0.340 e. The third-order valence-corrected chi connectivity index (χ3v) is 4.47. The molecule has 0 radical (unpaired) electrons. The third-order valence-electron chi connectivity index (χ3n) is 4.47. The van der Waals surface area contributed by atoms with Gasteiger partial charge in [0, 0.05) is 18.5 Å². The smallest absolute Gasteiger partial charge is 0.263 e. The van der Waals surface area contributed by atoms with Crippen LogP contribution < -0.4 is 5.32 Å². The highest BCUT2D eigenvalue weighted by atomic mass is 16.2. The Kier molecular flexibility index (Phi) is 4.32. The van der Waals surface area contributed by atoms with Gasteiger partial charge in [-0.25, -0.2) is 5.01 Å². The average molecular weight is 315 g/mol. The van der Waals surface area contributed by atoms with Crippen LogP contribution in [0.3, 0.4) is 0 Å². The molecule has 2 atom stereocenters. The Morgan fingerprint density at radius 3 is 2.65 bits per heavy atom. The topological polar surface area (TPSA) is 69.7 Å². The Bertz CT molecular complexity index is 617. The number of hydrogen-bond acceptors (Lipinski definition) is 3. The molecule has 0 unspecified atom stereocenters. The molecule has 122 valence electrons. The van der Waals surface area contributed by atoms with Crippen molar-refractivity contribution in [1.29, 1.82) is 0 Å². The summed E-state index contributed by atoms with van der Waals surface area (Å²) >= 11 is 0. The Morgan fingerprint density at radius 2 is 1.91 bits per heavy atom. The normalized spacial score (nSPS) is 24.9. The quantitative estimate of drug-likeness (QED) is 0.895. The van der Waals surface area contributed by atoms with Crippen molar-refractivity contribution >= 4 is 17.7 Å². The summed E-state index contributed by atoms with van der Waals surface area (Å²) in [4.78, 5) is 37.4. The van der Waals surface area contributed by atoms with Crippen molar-refractivity contribution in [3.63, 3.8) is 0 Å². The summed E-state index contributed by atoms with van der Waals surface area (Å²) in [6.07, 6.45) is 2.39. The minimum atomic E-state index is -0.655. The highest BCUT2D eigenvalue weighted by Crippen LogP contribution is 2.24. The van der Waals surface area contributed by atoms with Crippen LogP contribution in [0, 0.1) is 0 Å². The van der Waals surface area contributed by atoms with Crippen LogP contribution in [-0.4, -0.2) is 46.4 Å². The first-order valence-electron chi connectivity index (χ1n) is 8.07. The van der Waals surface area contributed by atoms with Crippen LogP contribution >= 0.6 is 0 Å². The lowest BCUT2D eigenvalue weighted by molar-refractivity contribution is -0.171. The van der Waals surface area contributed by atoms with Gasteiger partial charge < -0.3 is 5.32 Å². The van der Waals surface area contributed by atoms with E-state index in [4.69, 9.17) is 0 Å². The summed E-state index contributed by atoms with van der Waals surface area (Å²) in [5.74, 6) is -0.511. The number of fused-ring (bicyclic) bond motifs is 1. The maximum Gasteiger partial charge on any atom is 0.263 e. The van der Waals surface area contributed by atoms with Gasteiger partial charge in [-0.15, -0.1) is 0 Å². The van der Waals surface area contributed by atoms with Crippen molar-refractivity contribution in [1.82, 2.24) is 15.3 Å². The Hall–Kier alpha value is -2.37. The van der Waals surface area contributed by atoms with Gasteiger partial charge in [0.1, 0.15) is 6.04 Å². The largest absolute Gasteiger partial charge is 0.340 e. The maximum atomic E-state index is 12.8. The fraction of sp³-hybridized carbons (Fsp3) is 0.471. The van der Waals surface area contributed by atoms with E-state index in [0.29, 0.717) is 18.5 Å². The molecule has 6 nitrogen and oxygen atoms in total. The van der Waals surface area contributed by atoms with Gasteiger partial charge in [-0.05, 0) is 38.3 Å². The molecule has 3 amide bonds. The molecule has 1 aromatic rings. The number of carbonyl (C=O) groups is 3. The van der Waals surface area contributed by atoms with Crippen LogP contribution in [0.5, 0.6) is 0 Å². The van der Waals surface area contributed by atoms with Gasteiger partial charge in [-0.1, -0.05) is 18.2 Å². The van der Waals surface area contributed by atoms with Crippen molar-refractivity contribution < 1.29 is 14.4 Å². The lowest BCUT2D eigenvalue weighted by atomic mass is 10.1. The first kappa shape index (κ1) is 15.5. The average Bonchev–Trinajstić information content (AvgIpc) is 2.68. The maximum absolute atomic E-state index is 12.8. The molecule has 2 aliphatic heterocycles. The highest BCUT2D eigenvalue weighted by molar-refractivity contribution is 5.98. The highest BCUT2D eigenvalue weighted by Gasteiger charge is 2.40. The van der Waals surface area contributed by atoms with Crippen molar-refractivity contribution in [2.24, 2.45) is 0 Å². The number of carbonyl (C=O) groups excluding carboxylic acids is 3. The van der Waals surface area contributed by atoms with Gasteiger partial charge in [0.2, 0.25) is 5.91 Å². The Balaban J connectivity index is 1.78. The predicted octanol–water partition coefficient (Wildman–Crippen LogP) is 1.33. The van der Waals surface area contributed by atoms with E-state index >= 15 is 0 Å². The molecular formula is C17H21N3O3. The van der Waals surface area contributed by atoms with E-state index in [2.05, 4.69) is 5.32 Å². The van der Waals surface area contributed by atoms with Gasteiger partial charge in [0.05, 0.1) is 6.04 Å². The second-order valence-corrected chi connectivity index (χ2v) is 6.12. The zero-order chi connectivity index (χ0) is 16.4. The second kappa shape index (κ2) is 6.40. The van der Waals surface area contributed by atoms with Crippen LogP contribution in [-0.2, 0) is 9.59 Å². The van der Waals surface area contributed by atoms with Crippen LogP contribution in [0.2, 0.25) is 0 Å². The Labute approximate surface area is 135 Å². The summed E-state index contributed by atoms with van der Waals surface area (Å²) in [5, 5.41) is 5.90. The van der Waals surface area contributed by atoms with E-state index in [1.165, 1.54) is 0 Å². The molecule has 0 aromatic heterocycles. The summed E-state index contributed by atoms with van der Waals surface area (Å²) < 4.78 is 0. The summed E-state index contributed by atoms with van der Waals surface area (Å²) in [6.45, 7) is 2.52. The molecule has 1 aromatic carbocycles. The van der Waals surface area contributed by atoms with Gasteiger partial charge in [-0.2, -0.15) is 0 Å². The SMILES string of the molecule is C[C@@H]1CCCN2C(=O)CC[C@H](NC(=O)c3ccccc3)C(=O)N12. The molecule has 6 heteroatoms. The standard InChI is InChI=1S/C17H21N3O3/c1-12-6-5-11-19-15(21)10-9-14(17(23)20(12)19)18-16(22)13-7-3-2-4-8-13/h2-4,7-8,12,14H,5-6,9-11H2,1H3,(H,18,22)/t12-,14+/m1/s1. The molecule has 1 N–H and O–H groups in total. The molecule has 0 bridgehead atoms. The van der Waals surface area contributed by atoms with Crippen molar-refractivity contribution in [3.05, 3.63) is 35.9 Å². The molecule has 0 saturated carbocycles. The predicted molar refractivity (Wildman–Crippen MR) is 84.2 cm³/mol. The summed E-state index contributed by atoms with van der Waals surface area (Å²) in [6, 6.07) is 8.13. The van der Waals surface area contributed by atoms with Crippen molar-refractivity contribution in [2.75, 3.05) is 6.54 Å². The Morgan fingerprint density at radius 1 is 1.17 bits per heavy atom. The number of nitrogens with zero attached hydrogens (tertiary/aromatic N) is 2. The van der Waals surface area contributed by atoms with Gasteiger partial charge in [0.25, 0.3) is 11.8 Å². The zero-order valence-corrected chi connectivity index (χ0v) is 13.2. The molecule has 2 saturated heterocycles. The van der Waals surface area contributed by atoms with Crippen LogP contribution in [0.1, 0.15) is 43.0 Å². The number of hydrazine groups is 1. The third kappa shape index (κ3) is 3.06. The van der Waals surface area contributed by atoms with Crippen LogP contribution in [0.25, 0.3) is 0 Å². The zero-order valence-electron chi connectivity index (χ0n) is 13.2. The fourth-order valence-corrected chi connectivity index (χ4v) is 3.23. The molecule has 23 heavy (non-hydrogen) atoms. The van der Waals surface area contributed by atoms with Crippen LogP contribution in [0.15, 0.2) is 30.3 Å². The first-order valence-corrected chi connectivity index (χ1v) is 8.07. The lowest BCUT2D eigenvalue weighted by Gasteiger charge is -2.42. The number of rotatable bonds is 2. The van der Waals surface area contributed by atoms with Crippen LogP contribution in [0.4, 0.5) is 0 Å². The van der Waals surface area contributed by atoms with E-state index < -0.39 is 6.04 Å². The van der Waals surface area contributed by atoms with Gasteiger partial charge in [0.15, 0.2) is 0 Å². The molecule has 3 rings (SSSR count). The number of hydrogen-bond donors (Lipinski definition) is 1. The van der Waals surface area contributed by atoms with E-state index in [0.717, 1.165) is 12.8 Å². The monoisotopic (exact) mass is 315 g/mol. The molecule has 0 aliphatic carbocycles. The van der Waals surface area contributed by atoms with Gasteiger partial charge in [-0.3, -0.25) is 19.4 Å². The summed E-state index contributed by atoms with van der Waals surface area (Å²) in [5.41, 5.74) is 0.513. The number of benzene rings is 1.